The molecule has 0 aliphatic carbocycles. The third-order valence-electron chi connectivity index (χ3n) is 5.24. The van der Waals surface area contributed by atoms with Crippen molar-refractivity contribution in [1.29, 1.82) is 0 Å². The van der Waals surface area contributed by atoms with Crippen molar-refractivity contribution in [3.8, 4) is 16.3 Å². The van der Waals surface area contributed by atoms with Crippen molar-refractivity contribution in [2.75, 3.05) is 19.6 Å². The maximum Gasteiger partial charge on any atom is 0.317 e. The summed E-state index contributed by atoms with van der Waals surface area (Å²) in [5, 5.41) is 6.63. The molecule has 0 saturated carbocycles. The number of ether oxygens (including phenoxy) is 1. The SMILES string of the molecule is C=CSC(=C)c1nc2cc(OC3CCN(C(=O)NCC)CC3)ccc2nc1-c1cccs1. The molecule has 1 saturated heterocycles. The van der Waals surface area contributed by atoms with Crippen LogP contribution in [0.25, 0.3) is 26.5 Å². The largest absolute Gasteiger partial charge is 0.490 e. The molecule has 2 amide bonds. The normalized spacial score (nSPS) is 14.3. The number of nitrogens with one attached hydrogen (secondary N) is 1. The summed E-state index contributed by atoms with van der Waals surface area (Å²) >= 11 is 3.08. The summed E-state index contributed by atoms with van der Waals surface area (Å²) in [7, 11) is 0. The van der Waals surface area contributed by atoms with Crippen molar-refractivity contribution in [1.82, 2.24) is 20.2 Å². The second kappa shape index (κ2) is 10.2. The van der Waals surface area contributed by atoms with Crippen LogP contribution < -0.4 is 10.1 Å². The van der Waals surface area contributed by atoms with Gasteiger partial charge in [-0.15, -0.1) is 11.3 Å². The molecule has 3 heterocycles. The van der Waals surface area contributed by atoms with E-state index in [1.165, 1.54) is 11.8 Å². The standard InChI is InChI=1S/C24H26N4O2S2/c1-4-25-24(29)28-12-10-17(11-13-28)30-18-8-9-19-20(15-18)27-22(16(3)31-5-2)23(26-19)21-7-6-14-32-21/h5-9,14-15,17H,2-4,10-13H2,1H3,(H,25,29). The molecule has 32 heavy (non-hydrogen) atoms. The Morgan fingerprint density at radius 1 is 1.31 bits per heavy atom. The minimum atomic E-state index is -0.00127. The molecule has 0 unspecified atom stereocenters. The monoisotopic (exact) mass is 466 g/mol. The molecular weight excluding hydrogens is 440 g/mol. The van der Waals surface area contributed by atoms with Crippen molar-refractivity contribution in [2.24, 2.45) is 0 Å². The number of hydrogen-bond donors (Lipinski definition) is 1. The van der Waals surface area contributed by atoms with E-state index in [9.17, 15) is 4.79 Å². The first kappa shape index (κ1) is 22.4. The first-order valence-electron chi connectivity index (χ1n) is 10.6. The molecule has 6 nitrogen and oxygen atoms in total. The molecule has 0 spiro atoms. The molecular formula is C24H26N4O2S2. The number of nitrogens with zero attached hydrogens (tertiary/aromatic N) is 3. The Morgan fingerprint density at radius 2 is 2.12 bits per heavy atom. The van der Waals surface area contributed by atoms with Crippen LogP contribution in [0.1, 0.15) is 25.5 Å². The summed E-state index contributed by atoms with van der Waals surface area (Å²) in [5.74, 6) is 0.764. The Labute approximate surface area is 196 Å². The van der Waals surface area contributed by atoms with Gasteiger partial charge in [0.05, 0.1) is 15.9 Å². The van der Waals surface area contributed by atoms with Crippen LogP contribution in [-0.2, 0) is 0 Å². The molecule has 1 fully saturated rings. The van der Waals surface area contributed by atoms with Crippen molar-refractivity contribution >= 4 is 45.1 Å². The number of rotatable bonds is 7. The van der Waals surface area contributed by atoms with Crippen molar-refractivity contribution < 1.29 is 9.53 Å². The van der Waals surface area contributed by atoms with Gasteiger partial charge in [-0.3, -0.25) is 0 Å². The van der Waals surface area contributed by atoms with E-state index in [0.29, 0.717) is 19.6 Å². The second-order valence-electron chi connectivity index (χ2n) is 7.40. The number of piperidine rings is 1. The van der Waals surface area contributed by atoms with Crippen molar-refractivity contribution in [3.63, 3.8) is 0 Å². The zero-order chi connectivity index (χ0) is 22.5. The van der Waals surface area contributed by atoms with Gasteiger partial charge in [-0.2, -0.15) is 0 Å². The maximum absolute atomic E-state index is 12.0. The van der Waals surface area contributed by atoms with Crippen molar-refractivity contribution in [3.05, 3.63) is 60.0 Å². The van der Waals surface area contributed by atoms with Gasteiger partial charge in [-0.05, 0) is 35.9 Å². The fourth-order valence-electron chi connectivity index (χ4n) is 3.68. The maximum atomic E-state index is 12.0. The molecule has 2 aromatic heterocycles. The summed E-state index contributed by atoms with van der Waals surface area (Å²) in [6.07, 6.45) is 1.68. The highest BCUT2D eigenvalue weighted by atomic mass is 32.2. The van der Waals surface area contributed by atoms with E-state index < -0.39 is 0 Å². The minimum Gasteiger partial charge on any atom is -0.490 e. The summed E-state index contributed by atoms with van der Waals surface area (Å²) in [4.78, 5) is 25.5. The highest BCUT2D eigenvalue weighted by Crippen LogP contribution is 2.35. The molecule has 1 aliphatic rings. The number of thiophene rings is 1. The Morgan fingerprint density at radius 3 is 2.81 bits per heavy atom. The predicted molar refractivity (Wildman–Crippen MR) is 134 cm³/mol. The van der Waals surface area contributed by atoms with Gasteiger partial charge >= 0.3 is 6.03 Å². The number of carbonyl (C=O) groups is 1. The molecule has 8 heteroatoms. The van der Waals surface area contributed by atoms with Crippen LogP contribution >= 0.6 is 23.1 Å². The zero-order valence-electron chi connectivity index (χ0n) is 18.0. The Balaban J connectivity index is 1.55. The van der Waals surface area contributed by atoms with Gasteiger partial charge in [0.15, 0.2) is 0 Å². The molecule has 1 aromatic carbocycles. The Kier molecular flexibility index (Phi) is 7.12. The third kappa shape index (κ3) is 4.97. The van der Waals surface area contributed by atoms with Gasteiger partial charge < -0.3 is 15.0 Å². The number of benzene rings is 1. The summed E-state index contributed by atoms with van der Waals surface area (Å²) in [6, 6.07) is 9.88. The first-order valence-corrected chi connectivity index (χ1v) is 12.4. The van der Waals surface area contributed by atoms with E-state index in [1.807, 2.05) is 47.5 Å². The van der Waals surface area contributed by atoms with E-state index in [4.69, 9.17) is 14.7 Å². The number of urea groups is 1. The third-order valence-corrected chi connectivity index (χ3v) is 6.76. The number of aromatic nitrogens is 2. The molecule has 3 aromatic rings. The smallest absolute Gasteiger partial charge is 0.317 e. The first-order chi connectivity index (χ1) is 15.6. The number of fused-ring (bicyclic) bond motifs is 1. The van der Waals surface area contributed by atoms with Crippen LogP contribution in [0.4, 0.5) is 4.79 Å². The van der Waals surface area contributed by atoms with Crippen molar-refractivity contribution in [2.45, 2.75) is 25.9 Å². The molecule has 0 atom stereocenters. The molecule has 0 bridgehead atoms. The van der Waals surface area contributed by atoms with Gasteiger partial charge in [0.2, 0.25) is 0 Å². The lowest BCUT2D eigenvalue weighted by atomic mass is 10.1. The van der Waals surface area contributed by atoms with E-state index in [0.717, 1.165) is 50.8 Å². The lowest BCUT2D eigenvalue weighted by Crippen LogP contribution is -2.46. The molecule has 0 radical (unpaired) electrons. The van der Waals surface area contributed by atoms with E-state index >= 15 is 0 Å². The molecule has 1 aliphatic heterocycles. The molecule has 166 valence electrons. The number of thioether (sulfide) groups is 1. The van der Waals surface area contributed by atoms with Gasteiger partial charge in [-0.1, -0.05) is 31.0 Å². The number of carbonyl (C=O) groups excluding carboxylic acids is 1. The number of likely N-dealkylation sites (tertiary alicyclic amines) is 1. The highest BCUT2D eigenvalue weighted by molar-refractivity contribution is 8.10. The van der Waals surface area contributed by atoms with Crippen LogP contribution in [0.3, 0.4) is 0 Å². The lowest BCUT2D eigenvalue weighted by molar-refractivity contribution is 0.111. The summed E-state index contributed by atoms with van der Waals surface area (Å²) in [5.41, 5.74) is 3.17. The van der Waals surface area contributed by atoms with E-state index in [1.54, 1.807) is 16.7 Å². The molecule has 4 rings (SSSR count). The fraction of sp³-hybridized carbons (Fsp3) is 0.292. The zero-order valence-corrected chi connectivity index (χ0v) is 19.7. The lowest BCUT2D eigenvalue weighted by Gasteiger charge is -2.32. The average molecular weight is 467 g/mol. The van der Waals surface area contributed by atoms with Crippen LogP contribution in [0.2, 0.25) is 0 Å². The Bertz CT molecular complexity index is 1120. The average Bonchev–Trinajstić information content (AvgIpc) is 3.34. The van der Waals surface area contributed by atoms with Crippen LogP contribution in [0, 0.1) is 0 Å². The van der Waals surface area contributed by atoms with Gasteiger partial charge in [0.25, 0.3) is 0 Å². The highest BCUT2D eigenvalue weighted by Gasteiger charge is 2.24. The quantitative estimate of drug-likeness (QED) is 0.478. The van der Waals surface area contributed by atoms with Gasteiger partial charge in [0, 0.05) is 43.4 Å². The minimum absolute atomic E-state index is 0.00127. The number of amides is 2. The fourth-order valence-corrected chi connectivity index (χ4v) is 4.85. The van der Waals surface area contributed by atoms with Gasteiger partial charge in [0.1, 0.15) is 23.2 Å². The summed E-state index contributed by atoms with van der Waals surface area (Å²) < 4.78 is 6.23. The molecule has 1 N–H and O–H groups in total. The van der Waals surface area contributed by atoms with Gasteiger partial charge in [-0.25, -0.2) is 14.8 Å². The van der Waals surface area contributed by atoms with E-state index in [-0.39, 0.29) is 12.1 Å². The topological polar surface area (TPSA) is 67.3 Å². The number of hydrogen-bond acceptors (Lipinski definition) is 6. The predicted octanol–water partition coefficient (Wildman–Crippen LogP) is 5.78. The van der Waals surface area contributed by atoms with E-state index in [2.05, 4.69) is 18.5 Å². The second-order valence-corrected chi connectivity index (χ2v) is 9.41. The van der Waals surface area contributed by atoms with Crippen LogP contribution in [-0.4, -0.2) is 46.6 Å². The summed E-state index contributed by atoms with van der Waals surface area (Å²) in [6.45, 7) is 11.9. The Hall–Kier alpha value is -2.84. The van der Waals surface area contributed by atoms with Crippen LogP contribution in [0.5, 0.6) is 5.75 Å². The van der Waals surface area contributed by atoms with Crippen LogP contribution in [0.15, 0.2) is 54.3 Å².